The molecule has 2 aliphatic heterocycles. The summed E-state index contributed by atoms with van der Waals surface area (Å²) in [6.07, 6.45) is 5.50. The summed E-state index contributed by atoms with van der Waals surface area (Å²) in [5.41, 5.74) is 2.41. The summed E-state index contributed by atoms with van der Waals surface area (Å²) in [6.45, 7) is 9.31. The number of aliphatic imine (C=N–C) groups is 1. The molecule has 6 heteroatoms. The Hall–Kier alpha value is -2.08. The lowest BCUT2D eigenvalue weighted by molar-refractivity contribution is -0.128. The van der Waals surface area contributed by atoms with Crippen molar-refractivity contribution in [3.63, 3.8) is 0 Å². The number of carbonyl (C=O) groups excluding carboxylic acids is 1. The van der Waals surface area contributed by atoms with Crippen LogP contribution < -0.4 is 10.6 Å². The number of hydrogen-bond donors (Lipinski definition) is 2. The molecule has 0 radical (unpaired) electrons. The van der Waals surface area contributed by atoms with Crippen LogP contribution in [0.25, 0.3) is 0 Å². The number of nitrogens with one attached hydrogen (secondary N) is 2. The Morgan fingerprint density at radius 2 is 1.83 bits per heavy atom. The maximum Gasteiger partial charge on any atom is 0.222 e. The lowest BCUT2D eigenvalue weighted by Crippen LogP contribution is -2.39. The van der Waals surface area contributed by atoms with Crippen LogP contribution in [0, 0.1) is 5.92 Å². The first kappa shape index (κ1) is 21.6. The van der Waals surface area contributed by atoms with Crippen molar-refractivity contribution in [3.05, 3.63) is 35.4 Å². The molecule has 2 saturated heterocycles. The van der Waals surface area contributed by atoms with E-state index in [0.29, 0.717) is 6.42 Å². The average molecular weight is 400 g/mol. The molecule has 2 aliphatic rings. The molecule has 2 fully saturated rings. The monoisotopic (exact) mass is 399 g/mol. The van der Waals surface area contributed by atoms with Crippen LogP contribution in [0.5, 0.6) is 0 Å². The highest BCUT2D eigenvalue weighted by molar-refractivity contribution is 5.79. The van der Waals surface area contributed by atoms with Gasteiger partial charge in [0.05, 0.1) is 0 Å². The van der Waals surface area contributed by atoms with Crippen molar-refractivity contribution in [2.45, 2.75) is 52.1 Å². The summed E-state index contributed by atoms with van der Waals surface area (Å²) in [5, 5.41) is 6.81. The van der Waals surface area contributed by atoms with E-state index in [1.54, 1.807) is 0 Å². The zero-order valence-corrected chi connectivity index (χ0v) is 18.1. The van der Waals surface area contributed by atoms with E-state index in [1.807, 2.05) is 11.9 Å². The van der Waals surface area contributed by atoms with Crippen molar-refractivity contribution in [3.8, 4) is 0 Å². The van der Waals surface area contributed by atoms with Crippen LogP contribution >= 0.6 is 0 Å². The quantitative estimate of drug-likeness (QED) is 0.401. The third-order valence-corrected chi connectivity index (χ3v) is 6.07. The van der Waals surface area contributed by atoms with Gasteiger partial charge in [0.2, 0.25) is 5.91 Å². The second-order valence-corrected chi connectivity index (χ2v) is 8.47. The average Bonchev–Trinajstić information content (AvgIpc) is 3.14. The van der Waals surface area contributed by atoms with E-state index >= 15 is 0 Å². The van der Waals surface area contributed by atoms with E-state index in [0.717, 1.165) is 57.4 Å². The van der Waals surface area contributed by atoms with E-state index < -0.39 is 0 Å². The maximum atomic E-state index is 11.8. The summed E-state index contributed by atoms with van der Waals surface area (Å²) >= 11 is 0. The second-order valence-electron chi connectivity index (χ2n) is 8.47. The smallest absolute Gasteiger partial charge is 0.222 e. The molecule has 0 aromatic heterocycles. The number of carbonyl (C=O) groups is 1. The highest BCUT2D eigenvalue weighted by atomic mass is 16.2. The number of piperidine rings is 1. The van der Waals surface area contributed by atoms with Crippen molar-refractivity contribution in [1.29, 1.82) is 0 Å². The van der Waals surface area contributed by atoms with Crippen LogP contribution in [0.15, 0.2) is 29.3 Å². The van der Waals surface area contributed by atoms with Gasteiger partial charge >= 0.3 is 0 Å². The lowest BCUT2D eigenvalue weighted by Gasteiger charge is -2.30. The van der Waals surface area contributed by atoms with Crippen molar-refractivity contribution < 1.29 is 4.79 Å². The molecule has 1 aromatic carbocycles. The summed E-state index contributed by atoms with van der Waals surface area (Å²) in [6, 6.07) is 8.51. The van der Waals surface area contributed by atoms with Crippen LogP contribution in [-0.2, 0) is 17.9 Å². The molecule has 1 amide bonds. The Bertz CT molecular complexity index is 664. The zero-order chi connectivity index (χ0) is 20.5. The first-order chi connectivity index (χ1) is 14.1. The van der Waals surface area contributed by atoms with Gasteiger partial charge in [-0.2, -0.15) is 0 Å². The predicted molar refractivity (Wildman–Crippen MR) is 119 cm³/mol. The van der Waals surface area contributed by atoms with Crippen LogP contribution in [0.2, 0.25) is 0 Å². The van der Waals surface area contributed by atoms with Crippen LogP contribution in [0.1, 0.15) is 50.2 Å². The fourth-order valence-corrected chi connectivity index (χ4v) is 4.06. The molecule has 29 heavy (non-hydrogen) atoms. The Balaban J connectivity index is 1.33. The molecule has 1 aromatic rings. The van der Waals surface area contributed by atoms with Crippen molar-refractivity contribution in [2.24, 2.45) is 10.9 Å². The van der Waals surface area contributed by atoms with Gasteiger partial charge in [0.1, 0.15) is 0 Å². The summed E-state index contributed by atoms with van der Waals surface area (Å²) in [5.74, 6) is 2.02. The third-order valence-electron chi connectivity index (χ3n) is 6.07. The van der Waals surface area contributed by atoms with Gasteiger partial charge < -0.3 is 20.4 Å². The SMILES string of the molecule is CN=C(NCCCN1CCC(C)CC1)NCc1ccc(CN2CCCC2=O)cc1. The standard InChI is InChI=1S/C23H37N5O/c1-19-10-15-27(16-11-19)13-4-12-25-23(24-2)26-17-20-6-8-21(9-7-20)18-28-14-3-5-22(28)29/h6-9,19H,3-5,10-18H2,1-2H3,(H2,24,25,26). The number of amides is 1. The summed E-state index contributed by atoms with van der Waals surface area (Å²) < 4.78 is 0. The minimum Gasteiger partial charge on any atom is -0.356 e. The molecule has 2 N–H and O–H groups in total. The molecule has 0 unspecified atom stereocenters. The number of hydrogen-bond acceptors (Lipinski definition) is 3. The minimum atomic E-state index is 0.278. The lowest BCUT2D eigenvalue weighted by atomic mass is 9.99. The molecular formula is C23H37N5O. The van der Waals surface area contributed by atoms with E-state index in [4.69, 9.17) is 0 Å². The van der Waals surface area contributed by atoms with E-state index in [1.165, 1.54) is 37.1 Å². The van der Waals surface area contributed by atoms with Crippen molar-refractivity contribution in [2.75, 3.05) is 39.8 Å². The fourth-order valence-electron chi connectivity index (χ4n) is 4.06. The van der Waals surface area contributed by atoms with Crippen molar-refractivity contribution in [1.82, 2.24) is 20.4 Å². The van der Waals surface area contributed by atoms with Gasteiger partial charge in [0.25, 0.3) is 0 Å². The molecule has 160 valence electrons. The van der Waals surface area contributed by atoms with Crippen molar-refractivity contribution >= 4 is 11.9 Å². The Morgan fingerprint density at radius 3 is 2.48 bits per heavy atom. The van der Waals surface area contributed by atoms with Crippen LogP contribution in [-0.4, -0.2) is 61.4 Å². The van der Waals surface area contributed by atoms with Gasteiger partial charge in [-0.1, -0.05) is 31.2 Å². The number of likely N-dealkylation sites (tertiary alicyclic amines) is 2. The number of guanidine groups is 1. The van der Waals surface area contributed by atoms with Gasteiger partial charge in [-0.15, -0.1) is 0 Å². The van der Waals surface area contributed by atoms with Gasteiger partial charge in [-0.05, 0) is 62.4 Å². The van der Waals surface area contributed by atoms with E-state index in [-0.39, 0.29) is 5.91 Å². The first-order valence-electron chi connectivity index (χ1n) is 11.2. The van der Waals surface area contributed by atoms with Gasteiger partial charge in [-0.25, -0.2) is 0 Å². The molecule has 0 atom stereocenters. The molecule has 3 rings (SSSR count). The zero-order valence-electron chi connectivity index (χ0n) is 18.1. The number of nitrogens with zero attached hydrogens (tertiary/aromatic N) is 3. The minimum absolute atomic E-state index is 0.278. The highest BCUT2D eigenvalue weighted by Gasteiger charge is 2.19. The maximum absolute atomic E-state index is 11.8. The number of benzene rings is 1. The Labute approximate surface area is 175 Å². The topological polar surface area (TPSA) is 60.0 Å². The normalized spacial score (nSPS) is 19.0. The van der Waals surface area contributed by atoms with Gasteiger partial charge in [0.15, 0.2) is 5.96 Å². The molecule has 0 bridgehead atoms. The first-order valence-corrected chi connectivity index (χ1v) is 11.2. The van der Waals surface area contributed by atoms with Gasteiger partial charge in [0, 0.05) is 39.6 Å². The van der Waals surface area contributed by atoms with Crippen LogP contribution in [0.3, 0.4) is 0 Å². The number of rotatable bonds is 8. The Morgan fingerprint density at radius 1 is 1.10 bits per heavy atom. The molecule has 2 heterocycles. The largest absolute Gasteiger partial charge is 0.356 e. The molecule has 6 nitrogen and oxygen atoms in total. The van der Waals surface area contributed by atoms with Crippen LogP contribution in [0.4, 0.5) is 0 Å². The highest BCUT2D eigenvalue weighted by Crippen LogP contribution is 2.16. The fraction of sp³-hybridized carbons (Fsp3) is 0.652. The van der Waals surface area contributed by atoms with E-state index in [9.17, 15) is 4.79 Å². The van der Waals surface area contributed by atoms with E-state index in [2.05, 4.69) is 51.7 Å². The molecule has 0 saturated carbocycles. The second kappa shape index (κ2) is 11.2. The Kier molecular flexibility index (Phi) is 8.35. The molecular weight excluding hydrogens is 362 g/mol. The molecule has 0 spiro atoms. The summed E-state index contributed by atoms with van der Waals surface area (Å²) in [4.78, 5) is 20.6. The summed E-state index contributed by atoms with van der Waals surface area (Å²) in [7, 11) is 1.82. The third kappa shape index (κ3) is 7.03. The van der Waals surface area contributed by atoms with Gasteiger partial charge in [-0.3, -0.25) is 9.79 Å². The molecule has 0 aliphatic carbocycles. The predicted octanol–water partition coefficient (Wildman–Crippen LogP) is 2.60.